The van der Waals surface area contributed by atoms with E-state index in [1.807, 2.05) is 42.4 Å². The number of aryl methyl sites for hydroxylation is 1. The van der Waals surface area contributed by atoms with Crippen LogP contribution in [-0.2, 0) is 26.2 Å². The lowest BCUT2D eigenvalue weighted by atomic mass is 9.80. The van der Waals surface area contributed by atoms with Gasteiger partial charge in [0.2, 0.25) is 21.8 Å². The van der Waals surface area contributed by atoms with E-state index in [4.69, 9.17) is 5.10 Å². The summed E-state index contributed by atoms with van der Waals surface area (Å²) in [5, 5.41) is 7.91. The third-order valence-corrected chi connectivity index (χ3v) is 11.3. The molecule has 2 aromatic rings. The van der Waals surface area contributed by atoms with Crippen molar-refractivity contribution in [3.8, 4) is 5.69 Å². The summed E-state index contributed by atoms with van der Waals surface area (Å²) in [4.78, 5) is 33.7. The maximum atomic E-state index is 13.6. The zero-order valence-electron chi connectivity index (χ0n) is 28.5. The van der Waals surface area contributed by atoms with Crippen LogP contribution in [-0.4, -0.2) is 114 Å². The maximum absolute atomic E-state index is 13.6. The molecule has 45 heavy (non-hydrogen) atoms. The molecule has 2 amide bonds. The molecule has 2 fully saturated rings. The lowest BCUT2D eigenvalue weighted by Crippen LogP contribution is -2.73. The molecular formula is C33H53N7O4S. The first-order valence-corrected chi connectivity index (χ1v) is 17.8. The van der Waals surface area contributed by atoms with E-state index in [-0.39, 0.29) is 16.7 Å². The van der Waals surface area contributed by atoms with Crippen LogP contribution in [0.4, 0.5) is 0 Å². The van der Waals surface area contributed by atoms with E-state index in [1.165, 1.54) is 4.31 Å². The number of hydrogen-bond donors (Lipinski definition) is 1. The molecule has 0 saturated carbocycles. The van der Waals surface area contributed by atoms with E-state index in [9.17, 15) is 18.0 Å². The van der Waals surface area contributed by atoms with E-state index in [0.29, 0.717) is 64.4 Å². The van der Waals surface area contributed by atoms with Gasteiger partial charge in [-0.2, -0.15) is 9.40 Å². The van der Waals surface area contributed by atoms with Crippen LogP contribution in [0, 0.1) is 19.8 Å². The summed E-state index contributed by atoms with van der Waals surface area (Å²) in [7, 11) is 1.86. The van der Waals surface area contributed by atoms with Gasteiger partial charge < -0.3 is 15.1 Å². The molecule has 11 nitrogen and oxygen atoms in total. The molecule has 1 spiro atoms. The monoisotopic (exact) mass is 643 g/mol. The zero-order valence-corrected chi connectivity index (χ0v) is 29.3. The number of piperidine rings is 1. The van der Waals surface area contributed by atoms with Crippen LogP contribution in [0.1, 0.15) is 69.8 Å². The Morgan fingerprint density at radius 3 is 2.27 bits per heavy atom. The second kappa shape index (κ2) is 14.3. The molecule has 0 bridgehead atoms. The summed E-state index contributed by atoms with van der Waals surface area (Å²) in [6, 6.07) is 6.45. The standard InChI is InChI=1S/C33H53N7O4S/c1-9-10-17-39-31(41)30(22-24(2)3)34-32(42)33(39)15-18-38(19-16-33)23-29-25(4)35-40(26(29)5)27-11-13-28(14-12-27)45(43,44)37(8)21-20-36(6)7/h11-14,24,30H,9-10,15-23H2,1-8H3,(H,34,42). The molecule has 1 atom stereocenters. The topological polar surface area (TPSA) is 111 Å². The Hall–Kier alpha value is -2.80. The highest BCUT2D eigenvalue weighted by atomic mass is 32.2. The molecular weight excluding hydrogens is 590 g/mol. The molecule has 2 saturated heterocycles. The van der Waals surface area contributed by atoms with Crippen LogP contribution in [0.5, 0.6) is 0 Å². The molecule has 1 unspecified atom stereocenters. The first kappa shape index (κ1) is 35.1. The summed E-state index contributed by atoms with van der Waals surface area (Å²) in [6.45, 7) is 14.1. The molecule has 1 aromatic heterocycles. The van der Waals surface area contributed by atoms with Gasteiger partial charge in [-0.05, 0) is 83.8 Å². The van der Waals surface area contributed by atoms with E-state index in [0.717, 1.165) is 35.5 Å². The van der Waals surface area contributed by atoms with Gasteiger partial charge in [-0.15, -0.1) is 0 Å². The molecule has 0 aliphatic carbocycles. The Morgan fingerprint density at radius 2 is 1.69 bits per heavy atom. The first-order valence-electron chi connectivity index (χ1n) is 16.3. The lowest BCUT2D eigenvalue weighted by Gasteiger charge is -2.52. The highest BCUT2D eigenvalue weighted by Gasteiger charge is 2.53. The molecule has 1 N–H and O–H groups in total. The fourth-order valence-corrected chi connectivity index (χ4v) is 7.67. The van der Waals surface area contributed by atoms with Crippen molar-refractivity contribution in [2.45, 2.75) is 89.7 Å². The molecule has 3 heterocycles. The van der Waals surface area contributed by atoms with E-state index in [1.54, 1.807) is 31.3 Å². The van der Waals surface area contributed by atoms with Crippen molar-refractivity contribution in [3.05, 3.63) is 41.2 Å². The average Bonchev–Trinajstić information content (AvgIpc) is 3.27. The van der Waals surface area contributed by atoms with E-state index in [2.05, 4.69) is 31.0 Å². The van der Waals surface area contributed by atoms with Gasteiger partial charge in [-0.3, -0.25) is 14.5 Å². The number of amides is 2. The summed E-state index contributed by atoms with van der Waals surface area (Å²) in [6.07, 6.45) is 3.72. The SMILES string of the molecule is CCCCN1C(=O)C(CC(C)C)NC(=O)C12CCN(Cc1c(C)nn(-c3ccc(S(=O)(=O)N(C)CCN(C)C)cc3)c1C)CC2. The first-order chi connectivity index (χ1) is 21.2. The van der Waals surface area contributed by atoms with Gasteiger partial charge in [0.05, 0.1) is 16.3 Å². The molecule has 2 aliphatic heterocycles. The quantitative estimate of drug-likeness (QED) is 0.357. The molecule has 1 aromatic carbocycles. The average molecular weight is 644 g/mol. The van der Waals surface area contributed by atoms with Crippen molar-refractivity contribution < 1.29 is 18.0 Å². The smallest absolute Gasteiger partial charge is 0.246 e. The number of unbranched alkanes of at least 4 members (excludes halogenated alkanes) is 1. The Bertz CT molecular complexity index is 1440. The minimum Gasteiger partial charge on any atom is -0.342 e. The van der Waals surface area contributed by atoms with E-state index < -0.39 is 21.6 Å². The van der Waals surface area contributed by atoms with Crippen LogP contribution in [0.25, 0.3) is 5.69 Å². The highest BCUT2D eigenvalue weighted by molar-refractivity contribution is 7.89. The van der Waals surface area contributed by atoms with Crippen molar-refractivity contribution in [1.29, 1.82) is 0 Å². The molecule has 4 rings (SSSR count). The Balaban J connectivity index is 1.46. The van der Waals surface area contributed by atoms with Crippen LogP contribution in [0.15, 0.2) is 29.2 Å². The predicted molar refractivity (Wildman–Crippen MR) is 177 cm³/mol. The van der Waals surface area contributed by atoms with Crippen LogP contribution in [0.2, 0.25) is 0 Å². The number of likely N-dealkylation sites (N-methyl/N-ethyl adjacent to an activating group) is 2. The van der Waals surface area contributed by atoms with E-state index >= 15 is 0 Å². The molecule has 0 radical (unpaired) electrons. The number of nitrogens with zero attached hydrogens (tertiary/aromatic N) is 6. The van der Waals surface area contributed by atoms with Crippen LogP contribution >= 0.6 is 0 Å². The third-order valence-electron chi connectivity index (χ3n) is 9.41. The number of sulfonamides is 1. The van der Waals surface area contributed by atoms with Crippen molar-refractivity contribution in [3.63, 3.8) is 0 Å². The number of aromatic nitrogens is 2. The Kier molecular flexibility index (Phi) is 11.2. The van der Waals surface area contributed by atoms with Crippen LogP contribution in [0.3, 0.4) is 0 Å². The van der Waals surface area contributed by atoms with Gasteiger partial charge in [0.1, 0.15) is 11.6 Å². The van der Waals surface area contributed by atoms with Gasteiger partial charge >= 0.3 is 0 Å². The van der Waals surface area contributed by atoms with Crippen molar-refractivity contribution >= 4 is 21.8 Å². The Labute approximate surface area is 270 Å². The summed E-state index contributed by atoms with van der Waals surface area (Å²) < 4.78 is 29.4. The van der Waals surface area contributed by atoms with Crippen molar-refractivity contribution in [2.24, 2.45) is 5.92 Å². The van der Waals surface area contributed by atoms with Crippen molar-refractivity contribution in [2.75, 3.05) is 53.9 Å². The fraction of sp³-hybridized carbons (Fsp3) is 0.667. The minimum absolute atomic E-state index is 0.00182. The number of carbonyl (C=O) groups excluding carboxylic acids is 2. The van der Waals surface area contributed by atoms with Crippen molar-refractivity contribution in [1.82, 2.24) is 34.1 Å². The number of carbonyl (C=O) groups is 2. The van der Waals surface area contributed by atoms with Gasteiger partial charge in [-0.25, -0.2) is 13.1 Å². The molecule has 250 valence electrons. The van der Waals surface area contributed by atoms with Crippen LogP contribution < -0.4 is 5.32 Å². The third kappa shape index (κ3) is 7.45. The number of rotatable bonds is 13. The van der Waals surface area contributed by atoms with Gasteiger partial charge in [0.25, 0.3) is 0 Å². The summed E-state index contributed by atoms with van der Waals surface area (Å²) >= 11 is 0. The van der Waals surface area contributed by atoms with Gasteiger partial charge in [0, 0.05) is 57.6 Å². The largest absolute Gasteiger partial charge is 0.342 e. The molecule has 2 aliphatic rings. The predicted octanol–water partition coefficient (Wildman–Crippen LogP) is 3.18. The number of benzene rings is 1. The molecule has 12 heteroatoms. The minimum atomic E-state index is -3.59. The number of likely N-dealkylation sites (tertiary alicyclic amines) is 1. The number of nitrogens with one attached hydrogen (secondary N) is 1. The Morgan fingerprint density at radius 1 is 1.04 bits per heavy atom. The zero-order chi connectivity index (χ0) is 33.1. The number of piperazine rings is 1. The normalized spacial score (nSPS) is 19.4. The second-order valence-corrected chi connectivity index (χ2v) is 15.5. The lowest BCUT2D eigenvalue weighted by molar-refractivity contribution is -0.161. The fourth-order valence-electron chi connectivity index (χ4n) is 6.50. The summed E-state index contributed by atoms with van der Waals surface area (Å²) in [5.74, 6) is 0.386. The van der Waals surface area contributed by atoms with Gasteiger partial charge in [-0.1, -0.05) is 27.2 Å². The maximum Gasteiger partial charge on any atom is 0.246 e. The number of hydrogen-bond acceptors (Lipinski definition) is 7. The van der Waals surface area contributed by atoms with Gasteiger partial charge in [0.15, 0.2) is 0 Å². The summed E-state index contributed by atoms with van der Waals surface area (Å²) in [5.41, 5.74) is 3.05. The highest BCUT2D eigenvalue weighted by Crippen LogP contribution is 2.35. The second-order valence-electron chi connectivity index (χ2n) is 13.5.